The number of hydrogen-bond donors (Lipinski definition) is 1. The van der Waals surface area contributed by atoms with Crippen LogP contribution in [0.25, 0.3) is 0 Å². The molecular weight excluding hydrogens is 250 g/mol. The minimum absolute atomic E-state index is 0.229. The Bertz CT molecular complexity index is 640. The molecule has 0 atom stereocenters. The summed E-state index contributed by atoms with van der Waals surface area (Å²) in [6, 6.07) is 9.45. The molecule has 0 saturated heterocycles. The van der Waals surface area contributed by atoms with Gasteiger partial charge in [0.25, 0.3) is 0 Å². The van der Waals surface area contributed by atoms with Crippen molar-refractivity contribution in [1.82, 2.24) is 9.97 Å². The molecule has 5 nitrogen and oxygen atoms in total. The van der Waals surface area contributed by atoms with Gasteiger partial charge in [-0.1, -0.05) is 13.8 Å². The number of anilines is 3. The third kappa shape index (κ3) is 2.54. The third-order valence-corrected chi connectivity index (χ3v) is 3.17. The summed E-state index contributed by atoms with van der Waals surface area (Å²) in [6.07, 6.45) is 1.47. The van der Waals surface area contributed by atoms with Crippen LogP contribution in [0.4, 0.5) is 17.3 Å². The predicted octanol–water partition coefficient (Wildman–Crippen LogP) is 2.82. The van der Waals surface area contributed by atoms with Crippen LogP contribution in [0.1, 0.15) is 30.9 Å². The van der Waals surface area contributed by atoms with Gasteiger partial charge in [-0.25, -0.2) is 9.97 Å². The van der Waals surface area contributed by atoms with Crippen LogP contribution < -0.4 is 10.6 Å². The summed E-state index contributed by atoms with van der Waals surface area (Å²) < 4.78 is 0. The van der Waals surface area contributed by atoms with E-state index < -0.39 is 0 Å². The van der Waals surface area contributed by atoms with Crippen LogP contribution >= 0.6 is 0 Å². The van der Waals surface area contributed by atoms with Gasteiger partial charge in [0.15, 0.2) is 0 Å². The molecule has 0 aliphatic carbocycles. The highest BCUT2D eigenvalue weighted by molar-refractivity contribution is 5.67. The Morgan fingerprint density at radius 1 is 1.20 bits per heavy atom. The van der Waals surface area contributed by atoms with E-state index in [4.69, 9.17) is 11.0 Å². The molecule has 0 radical (unpaired) electrons. The molecule has 0 unspecified atom stereocenters. The van der Waals surface area contributed by atoms with E-state index in [1.165, 1.54) is 6.33 Å². The van der Waals surface area contributed by atoms with E-state index in [1.54, 1.807) is 12.1 Å². The molecule has 1 aromatic carbocycles. The smallest absolute Gasteiger partial charge is 0.141 e. The normalized spacial score (nSPS) is 10.3. The summed E-state index contributed by atoms with van der Waals surface area (Å²) in [5, 5.41) is 8.84. The van der Waals surface area contributed by atoms with Crippen LogP contribution in [0.15, 0.2) is 30.6 Å². The van der Waals surface area contributed by atoms with Crippen LogP contribution in [0, 0.1) is 11.3 Å². The van der Waals surface area contributed by atoms with Gasteiger partial charge >= 0.3 is 0 Å². The van der Waals surface area contributed by atoms with Crippen molar-refractivity contribution in [3.8, 4) is 6.07 Å². The molecule has 0 amide bonds. The molecule has 20 heavy (non-hydrogen) atoms. The molecule has 0 bridgehead atoms. The summed E-state index contributed by atoms with van der Waals surface area (Å²) in [5.74, 6) is 1.52. The van der Waals surface area contributed by atoms with Crippen molar-refractivity contribution in [3.63, 3.8) is 0 Å². The van der Waals surface area contributed by atoms with E-state index >= 15 is 0 Å². The predicted molar refractivity (Wildman–Crippen MR) is 79.8 cm³/mol. The summed E-state index contributed by atoms with van der Waals surface area (Å²) >= 11 is 0. The first-order valence-corrected chi connectivity index (χ1v) is 6.39. The maximum Gasteiger partial charge on any atom is 0.141 e. The highest BCUT2D eigenvalue weighted by Crippen LogP contribution is 2.32. The number of nitrogens with two attached hydrogens (primary N) is 1. The number of aromatic nitrogens is 2. The lowest BCUT2D eigenvalue weighted by molar-refractivity contribution is 0.844. The summed E-state index contributed by atoms with van der Waals surface area (Å²) in [5.41, 5.74) is 8.47. The molecule has 2 rings (SSSR count). The van der Waals surface area contributed by atoms with E-state index in [9.17, 15) is 0 Å². The first-order valence-electron chi connectivity index (χ1n) is 6.39. The topological polar surface area (TPSA) is 78.8 Å². The fourth-order valence-corrected chi connectivity index (χ4v) is 2.10. The lowest BCUT2D eigenvalue weighted by atomic mass is 10.0. The molecule has 2 N–H and O–H groups in total. The molecule has 5 heteroatoms. The molecule has 0 spiro atoms. The van der Waals surface area contributed by atoms with E-state index in [0.717, 1.165) is 17.1 Å². The maximum atomic E-state index is 8.84. The van der Waals surface area contributed by atoms with Crippen molar-refractivity contribution in [2.75, 3.05) is 17.7 Å². The minimum Gasteiger partial charge on any atom is -0.383 e. The molecule has 0 fully saturated rings. The van der Waals surface area contributed by atoms with Crippen molar-refractivity contribution >= 4 is 17.3 Å². The monoisotopic (exact) mass is 267 g/mol. The van der Waals surface area contributed by atoms with Crippen LogP contribution in [0.2, 0.25) is 0 Å². The van der Waals surface area contributed by atoms with Crippen LogP contribution in [-0.2, 0) is 0 Å². The van der Waals surface area contributed by atoms with Gasteiger partial charge < -0.3 is 10.6 Å². The number of hydrogen-bond acceptors (Lipinski definition) is 5. The van der Waals surface area contributed by atoms with Gasteiger partial charge in [-0.05, 0) is 30.2 Å². The molecule has 0 aliphatic heterocycles. The van der Waals surface area contributed by atoms with E-state index in [0.29, 0.717) is 11.4 Å². The zero-order chi connectivity index (χ0) is 14.7. The van der Waals surface area contributed by atoms with Gasteiger partial charge in [-0.2, -0.15) is 5.26 Å². The lowest BCUT2D eigenvalue weighted by Gasteiger charge is -2.23. The molecule has 0 aliphatic rings. The van der Waals surface area contributed by atoms with E-state index in [2.05, 4.69) is 29.9 Å². The van der Waals surface area contributed by atoms with Crippen LogP contribution in [0.5, 0.6) is 0 Å². The fraction of sp³-hybridized carbons (Fsp3) is 0.267. The number of nitrogen functional groups attached to an aromatic ring is 1. The van der Waals surface area contributed by atoms with Crippen molar-refractivity contribution in [2.45, 2.75) is 19.8 Å². The molecule has 0 saturated carbocycles. The van der Waals surface area contributed by atoms with Gasteiger partial charge in [0.05, 0.1) is 11.6 Å². The molecule has 1 aromatic heterocycles. The Balaban J connectivity index is 2.45. The van der Waals surface area contributed by atoms with Crippen LogP contribution in [0.3, 0.4) is 0 Å². The van der Waals surface area contributed by atoms with Crippen molar-refractivity contribution in [2.24, 2.45) is 0 Å². The Morgan fingerprint density at radius 3 is 2.40 bits per heavy atom. The Kier molecular flexibility index (Phi) is 3.85. The SMILES string of the molecule is CC(C)c1c(N)ncnc1N(C)c1ccc(C#N)cc1. The molecular formula is C15H17N5. The standard InChI is InChI=1S/C15H17N5/c1-10(2)13-14(17)18-9-19-15(13)20(3)12-6-4-11(8-16)5-7-12/h4-7,9-10H,1-3H3,(H2,17,18,19). The van der Waals surface area contributed by atoms with E-state index in [-0.39, 0.29) is 5.92 Å². The molecule has 102 valence electrons. The number of nitrogens with zero attached hydrogens (tertiary/aromatic N) is 4. The molecule has 1 heterocycles. The van der Waals surface area contributed by atoms with Crippen LogP contribution in [-0.4, -0.2) is 17.0 Å². The number of nitriles is 1. The second-order valence-electron chi connectivity index (χ2n) is 4.87. The largest absolute Gasteiger partial charge is 0.383 e. The first-order chi connectivity index (χ1) is 9.54. The molecule has 2 aromatic rings. The summed E-state index contributed by atoms with van der Waals surface area (Å²) in [7, 11) is 1.93. The average Bonchev–Trinajstić information content (AvgIpc) is 2.46. The second kappa shape index (κ2) is 5.57. The first kappa shape index (κ1) is 13.8. The minimum atomic E-state index is 0.229. The maximum absolute atomic E-state index is 8.84. The second-order valence-corrected chi connectivity index (χ2v) is 4.87. The highest BCUT2D eigenvalue weighted by atomic mass is 15.2. The third-order valence-electron chi connectivity index (χ3n) is 3.17. The van der Waals surface area contributed by atoms with Gasteiger partial charge in [-0.3, -0.25) is 0 Å². The van der Waals surface area contributed by atoms with E-state index in [1.807, 2.05) is 24.1 Å². The quantitative estimate of drug-likeness (QED) is 0.925. The summed E-state index contributed by atoms with van der Waals surface area (Å²) in [6.45, 7) is 4.12. The van der Waals surface area contributed by atoms with Crippen molar-refractivity contribution in [1.29, 1.82) is 5.26 Å². The average molecular weight is 267 g/mol. The Morgan fingerprint density at radius 2 is 1.85 bits per heavy atom. The van der Waals surface area contributed by atoms with Crippen molar-refractivity contribution < 1.29 is 0 Å². The fourth-order valence-electron chi connectivity index (χ4n) is 2.10. The number of rotatable bonds is 3. The van der Waals surface area contributed by atoms with Gasteiger partial charge in [0, 0.05) is 18.3 Å². The van der Waals surface area contributed by atoms with Gasteiger partial charge in [0.1, 0.15) is 18.0 Å². The summed E-state index contributed by atoms with van der Waals surface area (Å²) in [4.78, 5) is 10.4. The Hall–Kier alpha value is -2.61. The Labute approximate surface area is 118 Å². The zero-order valence-electron chi connectivity index (χ0n) is 11.8. The highest BCUT2D eigenvalue weighted by Gasteiger charge is 2.17. The van der Waals surface area contributed by atoms with Crippen molar-refractivity contribution in [3.05, 3.63) is 41.7 Å². The van der Waals surface area contributed by atoms with Gasteiger partial charge in [-0.15, -0.1) is 0 Å². The lowest BCUT2D eigenvalue weighted by Crippen LogP contribution is -2.16. The zero-order valence-corrected chi connectivity index (χ0v) is 11.8. The van der Waals surface area contributed by atoms with Gasteiger partial charge in [0.2, 0.25) is 0 Å². The number of benzene rings is 1.